The summed E-state index contributed by atoms with van der Waals surface area (Å²) >= 11 is 0. The second-order valence-electron chi connectivity index (χ2n) is 9.21. The quantitative estimate of drug-likeness (QED) is 0.557. The Bertz CT molecular complexity index is 485. The average Bonchev–Trinajstić information content (AvgIpc) is 2.50. The molecule has 1 fully saturated rings. The van der Waals surface area contributed by atoms with Crippen molar-refractivity contribution < 1.29 is 0 Å². The first-order chi connectivity index (χ1) is 10.7. The molecule has 1 unspecified atom stereocenters. The minimum absolute atomic E-state index is 0. The van der Waals surface area contributed by atoms with Gasteiger partial charge in [-0.1, -0.05) is 65.1 Å². The van der Waals surface area contributed by atoms with Gasteiger partial charge in [0, 0.05) is 14.6 Å². The van der Waals surface area contributed by atoms with Crippen LogP contribution < -0.4 is 0 Å². The molecule has 1 aliphatic heterocycles. The smallest absolute Gasteiger partial charge is 0.0498 e. The summed E-state index contributed by atoms with van der Waals surface area (Å²) in [7, 11) is -0.827. The van der Waals surface area contributed by atoms with Crippen molar-refractivity contribution in [3.63, 3.8) is 0 Å². The molecule has 1 aromatic rings. The van der Waals surface area contributed by atoms with Crippen molar-refractivity contribution >= 4 is 20.5 Å². The zero-order chi connectivity index (χ0) is 17.1. The summed E-state index contributed by atoms with van der Waals surface area (Å²) in [5.41, 5.74) is 3.27. The first-order valence-corrected chi connectivity index (χ1v) is 12.9. The molecular formula is C21H38ClNSi. The molecule has 0 saturated carbocycles. The topological polar surface area (TPSA) is 3.24 Å². The number of rotatable bonds is 6. The molecule has 0 bridgehead atoms. The monoisotopic (exact) mass is 367 g/mol. The van der Waals surface area contributed by atoms with E-state index in [9.17, 15) is 0 Å². The first-order valence-electron chi connectivity index (χ1n) is 9.54. The van der Waals surface area contributed by atoms with Gasteiger partial charge in [-0.25, -0.2) is 0 Å². The van der Waals surface area contributed by atoms with E-state index in [2.05, 4.69) is 70.0 Å². The first kappa shape index (κ1) is 21.7. The lowest BCUT2D eigenvalue weighted by Gasteiger charge is -2.36. The van der Waals surface area contributed by atoms with Gasteiger partial charge in [0.1, 0.15) is 0 Å². The van der Waals surface area contributed by atoms with E-state index >= 15 is 0 Å². The number of nitrogens with zero attached hydrogens (tertiary/aromatic N) is 1. The predicted octanol–water partition coefficient (Wildman–Crippen LogP) is 6.00. The van der Waals surface area contributed by atoms with Crippen molar-refractivity contribution in [2.24, 2.45) is 5.92 Å². The summed E-state index contributed by atoms with van der Waals surface area (Å²) in [5, 5.41) is 0. The molecule has 1 atom stereocenters. The van der Waals surface area contributed by atoms with Crippen LogP contribution in [-0.2, 0) is 11.8 Å². The Morgan fingerprint density at radius 2 is 1.62 bits per heavy atom. The molecule has 138 valence electrons. The van der Waals surface area contributed by atoms with Crippen LogP contribution in [0, 0.1) is 5.92 Å². The molecule has 1 nitrogen and oxygen atoms in total. The Morgan fingerprint density at radius 1 is 1.08 bits per heavy atom. The van der Waals surface area contributed by atoms with Crippen LogP contribution in [0.5, 0.6) is 0 Å². The van der Waals surface area contributed by atoms with Crippen LogP contribution in [0.4, 0.5) is 0 Å². The fourth-order valence-corrected chi connectivity index (χ4v) is 5.64. The van der Waals surface area contributed by atoms with E-state index < -0.39 is 8.07 Å². The average molecular weight is 368 g/mol. The lowest BCUT2D eigenvalue weighted by atomic mass is 9.82. The molecule has 0 aliphatic carbocycles. The van der Waals surface area contributed by atoms with E-state index in [1.807, 2.05) is 0 Å². The fraction of sp³-hybridized carbons (Fsp3) is 0.714. The van der Waals surface area contributed by atoms with Crippen LogP contribution >= 0.6 is 12.4 Å². The maximum Gasteiger partial charge on any atom is 0.0498 e. The summed E-state index contributed by atoms with van der Waals surface area (Å²) in [6, 6.07) is 12.4. The molecule has 1 saturated heterocycles. The Hall–Kier alpha value is -0.313. The summed E-state index contributed by atoms with van der Waals surface area (Å²) in [6.45, 7) is 18.4. The highest BCUT2D eigenvalue weighted by atomic mass is 35.5. The molecular weight excluding hydrogens is 330 g/mol. The Balaban J connectivity index is 0.00000288. The van der Waals surface area contributed by atoms with Gasteiger partial charge in [-0.2, -0.15) is 0 Å². The van der Waals surface area contributed by atoms with Gasteiger partial charge in [-0.15, -0.1) is 12.4 Å². The standard InChI is InChI=1S/C21H37NSi.ClH/c1-7-21(3,4)20-10-8-19(9-11-20)16-18(2)17-22-12-14-23(5,6)15-13-22;/h8-11,18H,7,12-17H2,1-6H3;1H. The van der Waals surface area contributed by atoms with Crippen molar-refractivity contribution in [2.75, 3.05) is 19.6 Å². The molecule has 3 heteroatoms. The Kier molecular flexibility index (Phi) is 8.03. The molecule has 0 N–H and O–H groups in total. The van der Waals surface area contributed by atoms with Gasteiger partial charge < -0.3 is 4.90 Å². The van der Waals surface area contributed by atoms with Gasteiger partial charge >= 0.3 is 0 Å². The highest BCUT2D eigenvalue weighted by Gasteiger charge is 2.27. The summed E-state index contributed by atoms with van der Waals surface area (Å²) in [4.78, 5) is 2.71. The predicted molar refractivity (Wildman–Crippen MR) is 113 cm³/mol. The minimum Gasteiger partial charge on any atom is -0.304 e. The van der Waals surface area contributed by atoms with E-state index in [4.69, 9.17) is 0 Å². The molecule has 0 amide bonds. The maximum absolute atomic E-state index is 2.71. The molecule has 0 spiro atoms. The molecule has 0 aromatic heterocycles. The number of hydrogen-bond donors (Lipinski definition) is 0. The third kappa shape index (κ3) is 6.20. The van der Waals surface area contributed by atoms with Gasteiger partial charge in [0.25, 0.3) is 0 Å². The zero-order valence-corrected chi connectivity index (χ0v) is 18.5. The molecule has 1 heterocycles. The van der Waals surface area contributed by atoms with Gasteiger partial charge in [0.15, 0.2) is 0 Å². The largest absolute Gasteiger partial charge is 0.304 e. The van der Waals surface area contributed by atoms with Crippen LogP contribution in [0.1, 0.15) is 45.2 Å². The molecule has 24 heavy (non-hydrogen) atoms. The maximum atomic E-state index is 2.71. The lowest BCUT2D eigenvalue weighted by molar-refractivity contribution is 0.249. The van der Waals surface area contributed by atoms with E-state index in [0.717, 1.165) is 5.92 Å². The number of hydrogen-bond acceptors (Lipinski definition) is 1. The van der Waals surface area contributed by atoms with E-state index in [1.54, 1.807) is 0 Å². The SMILES string of the molecule is CCC(C)(C)c1ccc(CC(C)CN2CC[Si](C)(C)CC2)cc1.Cl. The lowest BCUT2D eigenvalue weighted by Crippen LogP contribution is -2.44. The van der Waals surface area contributed by atoms with Crippen molar-refractivity contribution in [2.45, 2.75) is 71.1 Å². The van der Waals surface area contributed by atoms with Crippen LogP contribution in [0.25, 0.3) is 0 Å². The van der Waals surface area contributed by atoms with Crippen molar-refractivity contribution in [1.29, 1.82) is 0 Å². The fourth-order valence-electron chi connectivity index (χ4n) is 3.54. The summed E-state index contributed by atoms with van der Waals surface area (Å²) < 4.78 is 0. The third-order valence-electron chi connectivity index (χ3n) is 5.98. The zero-order valence-electron chi connectivity index (χ0n) is 16.7. The summed E-state index contributed by atoms with van der Waals surface area (Å²) in [5.74, 6) is 0.753. The van der Waals surface area contributed by atoms with Gasteiger partial charge in [0.05, 0.1) is 0 Å². The third-order valence-corrected chi connectivity index (χ3v) is 9.14. The van der Waals surface area contributed by atoms with Crippen LogP contribution in [0.15, 0.2) is 24.3 Å². The molecule has 1 aliphatic rings. The van der Waals surface area contributed by atoms with Crippen LogP contribution in [0.3, 0.4) is 0 Å². The Morgan fingerprint density at radius 3 is 2.12 bits per heavy atom. The highest BCUT2D eigenvalue weighted by molar-refractivity contribution is 6.77. The van der Waals surface area contributed by atoms with Gasteiger partial charge in [0.2, 0.25) is 0 Å². The number of halogens is 1. The van der Waals surface area contributed by atoms with E-state index in [-0.39, 0.29) is 12.4 Å². The summed E-state index contributed by atoms with van der Waals surface area (Å²) in [6.07, 6.45) is 2.40. The van der Waals surface area contributed by atoms with Crippen molar-refractivity contribution in [3.8, 4) is 0 Å². The Labute approximate surface area is 157 Å². The van der Waals surface area contributed by atoms with Crippen molar-refractivity contribution in [1.82, 2.24) is 4.90 Å². The molecule has 2 rings (SSSR count). The number of benzene rings is 1. The second-order valence-corrected chi connectivity index (χ2v) is 14.5. The van der Waals surface area contributed by atoms with Crippen LogP contribution in [-0.4, -0.2) is 32.6 Å². The normalized spacial score (nSPS) is 19.6. The highest BCUT2D eigenvalue weighted by Crippen LogP contribution is 2.27. The molecule has 0 radical (unpaired) electrons. The van der Waals surface area contributed by atoms with Gasteiger partial charge in [-0.05, 0) is 60.5 Å². The van der Waals surface area contributed by atoms with Crippen LogP contribution in [0.2, 0.25) is 25.2 Å². The second kappa shape index (κ2) is 8.87. The molecule has 1 aromatic carbocycles. The van der Waals surface area contributed by atoms with E-state index in [1.165, 1.54) is 55.7 Å². The van der Waals surface area contributed by atoms with Gasteiger partial charge in [-0.3, -0.25) is 0 Å². The minimum atomic E-state index is -0.827. The van der Waals surface area contributed by atoms with Crippen molar-refractivity contribution in [3.05, 3.63) is 35.4 Å². The van der Waals surface area contributed by atoms with E-state index in [0.29, 0.717) is 5.41 Å².